The number of rotatable bonds is 1. The molecule has 0 saturated carbocycles. The van der Waals surface area contributed by atoms with E-state index in [1.165, 1.54) is 0 Å². The lowest BCUT2D eigenvalue weighted by Crippen LogP contribution is -2.23. The Morgan fingerprint density at radius 3 is 2.82 bits per heavy atom. The number of amides is 1. The maximum atomic E-state index is 11.6. The predicted molar refractivity (Wildman–Crippen MR) is 64.5 cm³/mol. The number of aromatic nitrogens is 2. The first-order valence-corrected chi connectivity index (χ1v) is 5.44. The number of carbonyl (C=O) groups is 1. The molecule has 1 amide bonds. The third-order valence-corrected chi connectivity index (χ3v) is 3.03. The van der Waals surface area contributed by atoms with E-state index in [4.69, 9.17) is 5.73 Å². The maximum Gasteiger partial charge on any atom is 0.226 e. The maximum absolute atomic E-state index is 11.6. The summed E-state index contributed by atoms with van der Waals surface area (Å²) in [6, 6.07) is 9.86. The minimum absolute atomic E-state index is 0.0151. The number of nitrogens with zero attached hydrogens (tertiary/aromatic N) is 1. The Labute approximate surface area is 98.0 Å². The Morgan fingerprint density at radius 1 is 1.29 bits per heavy atom. The fourth-order valence-electron chi connectivity index (χ4n) is 2.25. The predicted octanol–water partition coefficient (Wildman–Crippen LogP) is 1.47. The van der Waals surface area contributed by atoms with Crippen LogP contribution >= 0.6 is 0 Å². The van der Waals surface area contributed by atoms with Crippen LogP contribution in [0.1, 0.15) is 23.5 Å². The molecule has 0 aliphatic carbocycles. The van der Waals surface area contributed by atoms with Gasteiger partial charge in [-0.1, -0.05) is 30.3 Å². The number of nitrogens with two attached hydrogens (primary N) is 1. The number of benzene rings is 1. The van der Waals surface area contributed by atoms with Gasteiger partial charge in [0, 0.05) is 17.9 Å². The molecule has 0 bridgehead atoms. The molecule has 17 heavy (non-hydrogen) atoms. The normalized spacial score (nSPS) is 18.6. The molecule has 1 aliphatic heterocycles. The minimum atomic E-state index is -0.0298. The summed E-state index contributed by atoms with van der Waals surface area (Å²) >= 11 is 0. The van der Waals surface area contributed by atoms with Gasteiger partial charge in [-0.05, 0) is 5.56 Å². The summed E-state index contributed by atoms with van der Waals surface area (Å²) in [5.74, 6) is 1.03. The molecule has 0 radical (unpaired) electrons. The van der Waals surface area contributed by atoms with E-state index in [-0.39, 0.29) is 11.8 Å². The largest absolute Gasteiger partial charge is 0.384 e. The molecule has 0 unspecified atom stereocenters. The molecule has 1 aromatic carbocycles. The Bertz CT molecular complexity index is 561. The van der Waals surface area contributed by atoms with E-state index in [2.05, 4.69) is 15.5 Å². The first-order chi connectivity index (χ1) is 8.25. The van der Waals surface area contributed by atoms with Crippen LogP contribution in [0.15, 0.2) is 30.3 Å². The summed E-state index contributed by atoms with van der Waals surface area (Å²) in [5.41, 5.74) is 7.83. The zero-order valence-corrected chi connectivity index (χ0v) is 9.10. The average molecular weight is 228 g/mol. The summed E-state index contributed by atoms with van der Waals surface area (Å²) in [5, 5.41) is 9.43. The summed E-state index contributed by atoms with van der Waals surface area (Å²) in [6.45, 7) is 0. The van der Waals surface area contributed by atoms with Crippen molar-refractivity contribution in [3.63, 3.8) is 0 Å². The molecule has 2 heterocycles. The van der Waals surface area contributed by atoms with Gasteiger partial charge >= 0.3 is 0 Å². The van der Waals surface area contributed by atoms with Gasteiger partial charge in [0.15, 0.2) is 5.82 Å². The lowest BCUT2D eigenvalue weighted by Gasteiger charge is -2.22. The second kappa shape index (κ2) is 3.62. The van der Waals surface area contributed by atoms with Crippen molar-refractivity contribution in [1.82, 2.24) is 10.2 Å². The Morgan fingerprint density at radius 2 is 2.06 bits per heavy atom. The number of anilines is 2. The van der Waals surface area contributed by atoms with E-state index in [0.29, 0.717) is 18.1 Å². The Hall–Kier alpha value is -2.30. The molecule has 0 saturated heterocycles. The van der Waals surface area contributed by atoms with Crippen molar-refractivity contribution in [3.05, 3.63) is 41.5 Å². The highest BCUT2D eigenvalue weighted by molar-refractivity contribution is 5.95. The average Bonchev–Trinajstić information content (AvgIpc) is 2.71. The van der Waals surface area contributed by atoms with E-state index in [1.807, 2.05) is 30.3 Å². The van der Waals surface area contributed by atoms with Gasteiger partial charge in [-0.25, -0.2) is 0 Å². The Balaban J connectivity index is 2.12. The summed E-state index contributed by atoms with van der Waals surface area (Å²) in [4.78, 5) is 11.6. The number of aromatic amines is 1. The van der Waals surface area contributed by atoms with Crippen LogP contribution < -0.4 is 11.1 Å². The van der Waals surface area contributed by atoms with Gasteiger partial charge in [-0.3, -0.25) is 9.89 Å². The van der Waals surface area contributed by atoms with Crippen LogP contribution in [0.4, 0.5) is 11.6 Å². The quantitative estimate of drug-likeness (QED) is 0.691. The fraction of sp³-hybridized carbons (Fsp3) is 0.167. The van der Waals surface area contributed by atoms with Gasteiger partial charge in [0.1, 0.15) is 5.82 Å². The van der Waals surface area contributed by atoms with Crippen LogP contribution in [0.3, 0.4) is 0 Å². The minimum Gasteiger partial charge on any atom is -0.384 e. The number of fused-ring (bicyclic) bond motifs is 1. The molecule has 1 aliphatic rings. The van der Waals surface area contributed by atoms with Crippen LogP contribution in [0.5, 0.6) is 0 Å². The molecule has 1 aromatic heterocycles. The highest BCUT2D eigenvalue weighted by Gasteiger charge is 2.30. The summed E-state index contributed by atoms with van der Waals surface area (Å²) < 4.78 is 0. The van der Waals surface area contributed by atoms with Crippen molar-refractivity contribution in [2.24, 2.45) is 0 Å². The molecule has 4 N–H and O–H groups in total. The summed E-state index contributed by atoms with van der Waals surface area (Å²) in [7, 11) is 0. The van der Waals surface area contributed by atoms with Crippen LogP contribution in [0.25, 0.3) is 0 Å². The number of carbonyl (C=O) groups excluding carboxylic acids is 1. The zero-order valence-electron chi connectivity index (χ0n) is 9.10. The van der Waals surface area contributed by atoms with Crippen molar-refractivity contribution in [2.75, 3.05) is 11.1 Å². The van der Waals surface area contributed by atoms with Crippen LogP contribution in [0, 0.1) is 0 Å². The fourth-order valence-corrected chi connectivity index (χ4v) is 2.25. The van der Waals surface area contributed by atoms with Crippen molar-refractivity contribution in [2.45, 2.75) is 12.3 Å². The van der Waals surface area contributed by atoms with Crippen molar-refractivity contribution in [3.8, 4) is 0 Å². The van der Waals surface area contributed by atoms with Gasteiger partial charge in [-0.15, -0.1) is 0 Å². The molecular weight excluding hydrogens is 216 g/mol. The number of H-pyrrole nitrogens is 1. The lowest BCUT2D eigenvalue weighted by molar-refractivity contribution is -0.116. The third kappa shape index (κ3) is 1.56. The van der Waals surface area contributed by atoms with Crippen LogP contribution in [0.2, 0.25) is 0 Å². The molecule has 1 atom stereocenters. The number of nitrogen functional groups attached to an aromatic ring is 1. The van der Waals surface area contributed by atoms with Crippen molar-refractivity contribution in [1.29, 1.82) is 0 Å². The molecule has 2 aromatic rings. The van der Waals surface area contributed by atoms with Crippen LogP contribution in [-0.4, -0.2) is 16.1 Å². The van der Waals surface area contributed by atoms with Crippen molar-refractivity contribution < 1.29 is 4.79 Å². The number of hydrogen-bond donors (Lipinski definition) is 3. The molecule has 0 spiro atoms. The van der Waals surface area contributed by atoms with Gasteiger partial charge in [0.25, 0.3) is 0 Å². The van der Waals surface area contributed by atoms with E-state index in [1.54, 1.807) is 0 Å². The molecule has 0 fully saturated rings. The van der Waals surface area contributed by atoms with E-state index in [0.717, 1.165) is 11.1 Å². The van der Waals surface area contributed by atoms with Gasteiger partial charge in [0.2, 0.25) is 5.91 Å². The van der Waals surface area contributed by atoms with Gasteiger partial charge in [-0.2, -0.15) is 5.10 Å². The highest BCUT2D eigenvalue weighted by atomic mass is 16.1. The first kappa shape index (κ1) is 9.89. The van der Waals surface area contributed by atoms with E-state index < -0.39 is 0 Å². The lowest BCUT2D eigenvalue weighted by atomic mass is 9.87. The van der Waals surface area contributed by atoms with Crippen molar-refractivity contribution >= 4 is 17.5 Å². The first-order valence-electron chi connectivity index (χ1n) is 5.44. The number of hydrogen-bond acceptors (Lipinski definition) is 3. The summed E-state index contributed by atoms with van der Waals surface area (Å²) in [6.07, 6.45) is 0.404. The highest BCUT2D eigenvalue weighted by Crippen LogP contribution is 2.38. The Kier molecular flexibility index (Phi) is 2.11. The monoisotopic (exact) mass is 228 g/mol. The third-order valence-electron chi connectivity index (χ3n) is 3.03. The van der Waals surface area contributed by atoms with E-state index in [9.17, 15) is 4.79 Å². The molecule has 5 nitrogen and oxygen atoms in total. The molecule has 3 rings (SSSR count). The van der Waals surface area contributed by atoms with Gasteiger partial charge < -0.3 is 11.1 Å². The van der Waals surface area contributed by atoms with E-state index >= 15 is 0 Å². The second-order valence-corrected chi connectivity index (χ2v) is 4.12. The number of nitrogens with one attached hydrogen (secondary N) is 2. The molecule has 86 valence electrons. The standard InChI is InChI=1S/C12H12N4O/c13-11-10-8(7-4-2-1-3-5-7)6-9(17)14-12(10)16-15-11/h1-5,8H,6H2,(H4,13,14,15,16,17)/t8-/m0/s1. The topological polar surface area (TPSA) is 83.8 Å². The smallest absolute Gasteiger partial charge is 0.226 e. The second-order valence-electron chi connectivity index (χ2n) is 4.12. The van der Waals surface area contributed by atoms with Crippen LogP contribution in [-0.2, 0) is 4.79 Å². The SMILES string of the molecule is Nc1[nH]nc2c1[C@H](c1ccccc1)CC(=O)N2. The zero-order chi connectivity index (χ0) is 11.8. The molecule has 5 heteroatoms. The van der Waals surface area contributed by atoms with Gasteiger partial charge in [0.05, 0.1) is 0 Å². The molecular formula is C12H12N4O.